The van der Waals surface area contributed by atoms with Crippen molar-refractivity contribution < 1.29 is 19.1 Å². The molecule has 22 heavy (non-hydrogen) atoms. The SMILES string of the molecule is COC(=O)C[C@@H](c1ccc(Br)cc1)c1oc(C)cc(=O)c1O. The Kier molecular flexibility index (Phi) is 5.03. The van der Waals surface area contributed by atoms with Crippen LogP contribution in [0.2, 0.25) is 0 Å². The second-order valence-corrected chi connectivity index (χ2v) is 5.73. The van der Waals surface area contributed by atoms with Gasteiger partial charge in [-0.25, -0.2) is 0 Å². The number of methoxy groups -OCH3 is 1. The van der Waals surface area contributed by atoms with E-state index in [4.69, 9.17) is 9.15 Å². The molecule has 0 unspecified atom stereocenters. The third-order valence-corrected chi connectivity index (χ3v) is 3.79. The van der Waals surface area contributed by atoms with Gasteiger partial charge in [0.25, 0.3) is 0 Å². The van der Waals surface area contributed by atoms with Crippen LogP contribution in [-0.2, 0) is 9.53 Å². The van der Waals surface area contributed by atoms with Gasteiger partial charge in [0.1, 0.15) is 5.76 Å². The van der Waals surface area contributed by atoms with Gasteiger partial charge in [0.05, 0.1) is 19.4 Å². The highest BCUT2D eigenvalue weighted by molar-refractivity contribution is 9.10. The molecule has 0 saturated carbocycles. The fraction of sp³-hybridized carbons (Fsp3) is 0.250. The lowest BCUT2D eigenvalue weighted by molar-refractivity contribution is -0.140. The standard InChI is InChI=1S/C16H15BrO5/c1-9-7-13(18)15(20)16(22-9)12(8-14(19)21-2)10-3-5-11(17)6-4-10/h3-7,12,20H,8H2,1-2H3/t12-/m0/s1. The molecule has 1 N–H and O–H groups in total. The lowest BCUT2D eigenvalue weighted by atomic mass is 9.92. The molecule has 116 valence electrons. The van der Waals surface area contributed by atoms with Crippen LogP contribution in [-0.4, -0.2) is 18.2 Å². The van der Waals surface area contributed by atoms with Crippen molar-refractivity contribution in [3.05, 3.63) is 62.1 Å². The molecule has 0 amide bonds. The predicted molar refractivity (Wildman–Crippen MR) is 84.0 cm³/mol. The first-order valence-electron chi connectivity index (χ1n) is 6.58. The molecular formula is C16H15BrO5. The number of aromatic hydroxyl groups is 1. The predicted octanol–water partition coefficient (Wildman–Crippen LogP) is 3.11. The number of esters is 1. The molecule has 5 nitrogen and oxygen atoms in total. The van der Waals surface area contributed by atoms with Gasteiger partial charge in [-0.1, -0.05) is 28.1 Å². The number of hydrogen-bond donors (Lipinski definition) is 1. The second kappa shape index (κ2) is 6.79. The zero-order valence-electron chi connectivity index (χ0n) is 12.1. The molecule has 1 atom stereocenters. The normalized spacial score (nSPS) is 12.0. The maximum absolute atomic E-state index is 11.8. The molecule has 0 bridgehead atoms. The molecule has 6 heteroatoms. The lowest BCUT2D eigenvalue weighted by Crippen LogP contribution is -2.13. The van der Waals surface area contributed by atoms with E-state index in [0.717, 1.165) is 10.0 Å². The lowest BCUT2D eigenvalue weighted by Gasteiger charge is -2.17. The highest BCUT2D eigenvalue weighted by atomic mass is 79.9. The number of ether oxygens (including phenoxy) is 1. The van der Waals surface area contributed by atoms with Crippen molar-refractivity contribution in [3.63, 3.8) is 0 Å². The minimum Gasteiger partial charge on any atom is -0.502 e. The van der Waals surface area contributed by atoms with Crippen LogP contribution in [0.4, 0.5) is 0 Å². The summed E-state index contributed by atoms with van der Waals surface area (Å²) in [5.74, 6) is -1.12. The summed E-state index contributed by atoms with van der Waals surface area (Å²) in [5.41, 5.74) is 0.198. The Balaban J connectivity index is 2.56. The second-order valence-electron chi connectivity index (χ2n) is 4.82. The molecule has 0 fully saturated rings. The van der Waals surface area contributed by atoms with Gasteiger partial charge < -0.3 is 14.3 Å². The van der Waals surface area contributed by atoms with Gasteiger partial charge in [0, 0.05) is 10.5 Å². The topological polar surface area (TPSA) is 76.7 Å². The third-order valence-electron chi connectivity index (χ3n) is 3.26. The van der Waals surface area contributed by atoms with Gasteiger partial charge in [0.2, 0.25) is 11.2 Å². The van der Waals surface area contributed by atoms with E-state index in [1.807, 2.05) is 12.1 Å². The van der Waals surface area contributed by atoms with E-state index in [0.29, 0.717) is 5.76 Å². The van der Waals surface area contributed by atoms with Gasteiger partial charge in [-0.15, -0.1) is 0 Å². The van der Waals surface area contributed by atoms with Crippen molar-refractivity contribution in [3.8, 4) is 5.75 Å². The van der Waals surface area contributed by atoms with Crippen LogP contribution in [0, 0.1) is 6.92 Å². The number of halogens is 1. The van der Waals surface area contributed by atoms with Crippen LogP contribution in [0.1, 0.15) is 29.4 Å². The Morgan fingerprint density at radius 3 is 2.59 bits per heavy atom. The van der Waals surface area contributed by atoms with E-state index in [2.05, 4.69) is 15.9 Å². The summed E-state index contributed by atoms with van der Waals surface area (Å²) in [6.45, 7) is 1.61. The van der Waals surface area contributed by atoms with Crippen molar-refractivity contribution in [1.82, 2.24) is 0 Å². The van der Waals surface area contributed by atoms with E-state index < -0.39 is 23.1 Å². The highest BCUT2D eigenvalue weighted by Gasteiger charge is 2.26. The largest absolute Gasteiger partial charge is 0.502 e. The average Bonchev–Trinajstić information content (AvgIpc) is 2.49. The van der Waals surface area contributed by atoms with E-state index in [1.165, 1.54) is 13.2 Å². The van der Waals surface area contributed by atoms with Crippen molar-refractivity contribution in [2.75, 3.05) is 7.11 Å². The first kappa shape index (κ1) is 16.3. The van der Waals surface area contributed by atoms with Crippen LogP contribution in [0.15, 0.2) is 44.0 Å². The van der Waals surface area contributed by atoms with E-state index in [1.54, 1.807) is 19.1 Å². The summed E-state index contributed by atoms with van der Waals surface area (Å²) in [4.78, 5) is 23.5. The summed E-state index contributed by atoms with van der Waals surface area (Å²) in [6, 6.07) is 8.41. The van der Waals surface area contributed by atoms with Gasteiger partial charge in [-0.2, -0.15) is 0 Å². The molecule has 0 aliphatic heterocycles. The van der Waals surface area contributed by atoms with Crippen molar-refractivity contribution >= 4 is 21.9 Å². The molecule has 1 heterocycles. The molecule has 0 saturated heterocycles. The Morgan fingerprint density at radius 1 is 1.36 bits per heavy atom. The number of rotatable bonds is 4. The smallest absolute Gasteiger partial charge is 0.306 e. The Bertz CT molecular complexity index is 733. The van der Waals surface area contributed by atoms with Crippen LogP contribution in [0.25, 0.3) is 0 Å². The molecule has 0 aliphatic rings. The molecule has 1 aromatic heterocycles. The average molecular weight is 367 g/mol. The minimum absolute atomic E-state index is 0.0436. The zero-order valence-corrected chi connectivity index (χ0v) is 13.7. The molecule has 2 aromatic rings. The van der Waals surface area contributed by atoms with Crippen molar-refractivity contribution in [2.45, 2.75) is 19.3 Å². The molecule has 1 aromatic carbocycles. The summed E-state index contributed by atoms with van der Waals surface area (Å²) in [6.07, 6.45) is -0.0436. The van der Waals surface area contributed by atoms with Crippen LogP contribution < -0.4 is 5.43 Å². The Morgan fingerprint density at radius 2 is 2.00 bits per heavy atom. The van der Waals surface area contributed by atoms with Crippen LogP contribution in [0.3, 0.4) is 0 Å². The van der Waals surface area contributed by atoms with E-state index in [9.17, 15) is 14.7 Å². The summed E-state index contributed by atoms with van der Waals surface area (Å²) < 4.78 is 11.1. The number of benzene rings is 1. The fourth-order valence-electron chi connectivity index (χ4n) is 2.17. The first-order valence-corrected chi connectivity index (χ1v) is 7.37. The number of carbonyl (C=O) groups is 1. The van der Waals surface area contributed by atoms with Crippen molar-refractivity contribution in [1.29, 1.82) is 0 Å². The molecule has 0 radical (unpaired) electrons. The van der Waals surface area contributed by atoms with E-state index >= 15 is 0 Å². The summed E-state index contributed by atoms with van der Waals surface area (Å²) >= 11 is 3.34. The van der Waals surface area contributed by atoms with Gasteiger partial charge in [-0.05, 0) is 24.6 Å². The van der Waals surface area contributed by atoms with E-state index in [-0.39, 0.29) is 12.2 Å². The summed E-state index contributed by atoms with van der Waals surface area (Å²) in [5, 5.41) is 10.0. The van der Waals surface area contributed by atoms with Crippen molar-refractivity contribution in [2.24, 2.45) is 0 Å². The molecule has 0 spiro atoms. The van der Waals surface area contributed by atoms with Gasteiger partial charge in [0.15, 0.2) is 5.76 Å². The maximum atomic E-state index is 11.8. The number of carbonyl (C=O) groups excluding carboxylic acids is 1. The molecule has 0 aliphatic carbocycles. The maximum Gasteiger partial charge on any atom is 0.306 e. The minimum atomic E-state index is -0.604. The molecule has 2 rings (SSSR count). The van der Waals surface area contributed by atoms with Gasteiger partial charge >= 0.3 is 5.97 Å². The Hall–Kier alpha value is -2.08. The van der Waals surface area contributed by atoms with Crippen LogP contribution >= 0.6 is 15.9 Å². The summed E-state index contributed by atoms with van der Waals surface area (Å²) in [7, 11) is 1.28. The fourth-order valence-corrected chi connectivity index (χ4v) is 2.43. The zero-order chi connectivity index (χ0) is 16.3. The quantitative estimate of drug-likeness (QED) is 0.841. The first-order chi connectivity index (χ1) is 10.4. The highest BCUT2D eigenvalue weighted by Crippen LogP contribution is 2.33. The number of hydrogen-bond acceptors (Lipinski definition) is 5. The van der Waals surface area contributed by atoms with Crippen LogP contribution in [0.5, 0.6) is 5.75 Å². The Labute approximate surface area is 135 Å². The number of aryl methyl sites for hydroxylation is 1. The van der Waals surface area contributed by atoms with Gasteiger partial charge in [-0.3, -0.25) is 9.59 Å². The molecular weight excluding hydrogens is 352 g/mol. The third kappa shape index (κ3) is 3.57. The monoisotopic (exact) mass is 366 g/mol.